The topological polar surface area (TPSA) is 15.3 Å². The van der Waals surface area contributed by atoms with Crippen molar-refractivity contribution in [2.75, 3.05) is 19.6 Å². The van der Waals surface area contributed by atoms with Crippen molar-refractivity contribution in [3.05, 3.63) is 0 Å². The fraction of sp³-hybridized carbons (Fsp3) is 0.857. The lowest BCUT2D eigenvalue weighted by Crippen LogP contribution is -2.44. The lowest BCUT2D eigenvalue weighted by atomic mass is 10.0. The van der Waals surface area contributed by atoms with Gasteiger partial charge in [-0.15, -0.1) is 11.8 Å². The van der Waals surface area contributed by atoms with Gasteiger partial charge in [0.05, 0.1) is 0 Å². The highest BCUT2D eigenvalue weighted by Gasteiger charge is 2.30. The molecule has 2 aliphatic rings. The van der Waals surface area contributed by atoms with Gasteiger partial charge in [-0.3, -0.25) is 4.90 Å². The number of hydrogen-bond acceptors (Lipinski definition) is 2. The molecule has 1 heterocycles. The Morgan fingerprint density at radius 1 is 1.25 bits per heavy atom. The van der Waals surface area contributed by atoms with E-state index in [9.17, 15) is 0 Å². The number of rotatable bonds is 5. The van der Waals surface area contributed by atoms with Crippen LogP contribution >= 0.6 is 0 Å². The number of hydrogen-bond donors (Lipinski definition) is 1. The van der Waals surface area contributed by atoms with Crippen LogP contribution in [0.3, 0.4) is 0 Å². The second kappa shape index (κ2) is 6.27. The molecule has 1 atom stereocenters. The molecule has 2 rings (SSSR count). The molecule has 0 radical (unpaired) electrons. The molecule has 0 aromatic carbocycles. The van der Waals surface area contributed by atoms with Gasteiger partial charge in [-0.25, -0.2) is 0 Å². The molecule has 2 nitrogen and oxygen atoms in total. The van der Waals surface area contributed by atoms with Crippen LogP contribution in [0.15, 0.2) is 0 Å². The number of nitrogens with zero attached hydrogens (tertiary/aromatic N) is 1. The Kier molecular flexibility index (Phi) is 4.69. The van der Waals surface area contributed by atoms with Gasteiger partial charge >= 0.3 is 0 Å². The maximum Gasteiger partial charge on any atom is 0.0217 e. The van der Waals surface area contributed by atoms with E-state index in [1.165, 1.54) is 51.7 Å². The third kappa shape index (κ3) is 3.81. The van der Waals surface area contributed by atoms with Crippen LogP contribution in [-0.4, -0.2) is 36.6 Å². The zero-order chi connectivity index (χ0) is 11.2. The van der Waals surface area contributed by atoms with E-state index < -0.39 is 0 Å². The van der Waals surface area contributed by atoms with E-state index in [-0.39, 0.29) is 0 Å². The lowest BCUT2D eigenvalue weighted by molar-refractivity contribution is 0.220. The summed E-state index contributed by atoms with van der Waals surface area (Å²) in [7, 11) is 0. The van der Waals surface area contributed by atoms with Crippen molar-refractivity contribution >= 4 is 0 Å². The number of piperidine rings is 1. The molecule has 2 heteroatoms. The largest absolute Gasteiger partial charge is 0.313 e. The zero-order valence-electron chi connectivity index (χ0n) is 10.5. The normalized spacial score (nSPS) is 25.2. The number of nitrogens with one attached hydrogen (secondary N) is 1. The Hall–Kier alpha value is -0.520. The second-order valence-corrected chi connectivity index (χ2v) is 5.05. The van der Waals surface area contributed by atoms with Gasteiger partial charge in [-0.05, 0) is 39.2 Å². The van der Waals surface area contributed by atoms with E-state index in [0.717, 1.165) is 18.5 Å². The van der Waals surface area contributed by atoms with Crippen LogP contribution in [0.4, 0.5) is 0 Å². The van der Waals surface area contributed by atoms with Gasteiger partial charge in [0.1, 0.15) is 0 Å². The summed E-state index contributed by atoms with van der Waals surface area (Å²) in [5.41, 5.74) is 0. The summed E-state index contributed by atoms with van der Waals surface area (Å²) >= 11 is 0. The zero-order valence-corrected chi connectivity index (χ0v) is 10.5. The highest BCUT2D eigenvalue weighted by Crippen LogP contribution is 2.27. The molecule has 0 amide bonds. The van der Waals surface area contributed by atoms with Crippen molar-refractivity contribution in [3.8, 4) is 11.8 Å². The summed E-state index contributed by atoms with van der Waals surface area (Å²) in [6.07, 6.45) is 7.99. The van der Waals surface area contributed by atoms with Crippen molar-refractivity contribution in [2.24, 2.45) is 0 Å². The molecule has 90 valence electrons. The van der Waals surface area contributed by atoms with E-state index in [4.69, 9.17) is 0 Å². The molecule has 0 bridgehead atoms. The van der Waals surface area contributed by atoms with Crippen molar-refractivity contribution < 1.29 is 0 Å². The molecular formula is C14H24N2. The average molecular weight is 220 g/mol. The molecule has 1 N–H and O–H groups in total. The van der Waals surface area contributed by atoms with Crippen molar-refractivity contribution in [3.63, 3.8) is 0 Å². The third-order valence-electron chi connectivity index (χ3n) is 3.63. The van der Waals surface area contributed by atoms with Crippen LogP contribution in [0, 0.1) is 11.8 Å². The van der Waals surface area contributed by atoms with E-state index in [1.54, 1.807) is 0 Å². The van der Waals surface area contributed by atoms with Crippen LogP contribution in [-0.2, 0) is 0 Å². The minimum Gasteiger partial charge on any atom is -0.313 e. The quantitative estimate of drug-likeness (QED) is 0.713. The van der Waals surface area contributed by atoms with Crippen molar-refractivity contribution in [1.82, 2.24) is 10.2 Å². The van der Waals surface area contributed by atoms with Gasteiger partial charge in [-0.1, -0.05) is 6.42 Å². The maximum absolute atomic E-state index is 3.64. The van der Waals surface area contributed by atoms with Crippen LogP contribution < -0.4 is 5.32 Å². The Morgan fingerprint density at radius 3 is 2.75 bits per heavy atom. The van der Waals surface area contributed by atoms with Gasteiger partial charge in [0.2, 0.25) is 0 Å². The fourth-order valence-electron chi connectivity index (χ4n) is 2.55. The van der Waals surface area contributed by atoms with Gasteiger partial charge in [0, 0.05) is 31.6 Å². The summed E-state index contributed by atoms with van der Waals surface area (Å²) in [4.78, 5) is 2.66. The maximum atomic E-state index is 3.64. The minimum absolute atomic E-state index is 0.740. The monoisotopic (exact) mass is 220 g/mol. The van der Waals surface area contributed by atoms with Crippen LogP contribution in [0.2, 0.25) is 0 Å². The van der Waals surface area contributed by atoms with E-state index in [0.29, 0.717) is 0 Å². The smallest absolute Gasteiger partial charge is 0.0217 e. The first-order valence-electron chi connectivity index (χ1n) is 6.77. The van der Waals surface area contributed by atoms with E-state index >= 15 is 0 Å². The molecule has 1 unspecified atom stereocenters. The van der Waals surface area contributed by atoms with Gasteiger partial charge in [-0.2, -0.15) is 0 Å². The molecular weight excluding hydrogens is 196 g/mol. The summed E-state index contributed by atoms with van der Waals surface area (Å²) in [6, 6.07) is 1.62. The standard InChI is InChI=1S/C14H24N2/c1-2-3-6-11-16(14-8-9-14)12-13-7-4-5-10-15-13/h13-15H,4-12H2,1H3. The first-order chi connectivity index (χ1) is 7.90. The Labute approximate surface area is 99.8 Å². The second-order valence-electron chi connectivity index (χ2n) is 5.05. The van der Waals surface area contributed by atoms with Gasteiger partial charge in [0.25, 0.3) is 0 Å². The predicted octanol–water partition coefficient (Wildman–Crippen LogP) is 2.01. The first kappa shape index (κ1) is 12.0. The summed E-state index contributed by atoms with van der Waals surface area (Å²) in [5.74, 6) is 6.18. The molecule has 1 saturated carbocycles. The van der Waals surface area contributed by atoms with E-state index in [1.807, 2.05) is 6.92 Å². The summed E-state index contributed by atoms with van der Waals surface area (Å²) in [5, 5.41) is 3.64. The molecule has 1 aliphatic carbocycles. The first-order valence-corrected chi connectivity index (χ1v) is 6.77. The molecule has 0 spiro atoms. The lowest BCUT2D eigenvalue weighted by Gasteiger charge is -2.30. The average Bonchev–Trinajstić information content (AvgIpc) is 3.13. The van der Waals surface area contributed by atoms with Crippen LogP contribution in [0.5, 0.6) is 0 Å². The van der Waals surface area contributed by atoms with Gasteiger partial charge in [0.15, 0.2) is 0 Å². The Balaban J connectivity index is 1.74. The van der Waals surface area contributed by atoms with Gasteiger partial charge < -0.3 is 5.32 Å². The highest BCUT2D eigenvalue weighted by molar-refractivity contribution is 4.97. The van der Waals surface area contributed by atoms with Crippen LogP contribution in [0.25, 0.3) is 0 Å². The molecule has 1 aliphatic heterocycles. The minimum atomic E-state index is 0.740. The summed E-state index contributed by atoms with van der Waals surface area (Å²) < 4.78 is 0. The Bertz CT molecular complexity index is 254. The molecule has 0 aromatic heterocycles. The molecule has 2 fully saturated rings. The molecule has 1 saturated heterocycles. The van der Waals surface area contributed by atoms with Crippen molar-refractivity contribution in [1.29, 1.82) is 0 Å². The fourth-order valence-corrected chi connectivity index (χ4v) is 2.55. The predicted molar refractivity (Wildman–Crippen MR) is 68.3 cm³/mol. The summed E-state index contributed by atoms with van der Waals surface area (Å²) in [6.45, 7) is 5.57. The molecule has 16 heavy (non-hydrogen) atoms. The SMILES string of the molecule is CC#CCCN(CC1CCCCN1)C1CC1. The van der Waals surface area contributed by atoms with Crippen LogP contribution in [0.1, 0.15) is 45.4 Å². The van der Waals surface area contributed by atoms with E-state index in [2.05, 4.69) is 22.1 Å². The molecule has 0 aromatic rings. The highest BCUT2D eigenvalue weighted by atomic mass is 15.2. The third-order valence-corrected chi connectivity index (χ3v) is 3.63. The van der Waals surface area contributed by atoms with Crippen molar-refractivity contribution in [2.45, 2.75) is 57.5 Å². The Morgan fingerprint density at radius 2 is 2.12 bits per heavy atom.